The lowest BCUT2D eigenvalue weighted by Crippen LogP contribution is -2.23. The van der Waals surface area contributed by atoms with Crippen LogP contribution in [0, 0.1) is 0 Å². The maximum absolute atomic E-state index is 5.43. The Morgan fingerprint density at radius 1 is 1.12 bits per heavy atom. The summed E-state index contributed by atoms with van der Waals surface area (Å²) in [5.41, 5.74) is 3.74. The number of anilines is 1. The van der Waals surface area contributed by atoms with Gasteiger partial charge in [-0.2, -0.15) is 4.98 Å². The van der Waals surface area contributed by atoms with Crippen LogP contribution in [0.25, 0.3) is 11.5 Å². The fourth-order valence-electron chi connectivity index (χ4n) is 3.21. The minimum absolute atomic E-state index is 0.251. The van der Waals surface area contributed by atoms with Crippen molar-refractivity contribution in [3.8, 4) is 11.5 Å². The molecule has 5 heteroatoms. The Bertz CT molecular complexity index is 871. The first-order chi connectivity index (χ1) is 12.2. The van der Waals surface area contributed by atoms with Gasteiger partial charge in [-0.3, -0.25) is 0 Å². The van der Waals surface area contributed by atoms with Crippen molar-refractivity contribution in [2.45, 2.75) is 39.2 Å². The second kappa shape index (κ2) is 6.67. The largest absolute Gasteiger partial charge is 0.352 e. The summed E-state index contributed by atoms with van der Waals surface area (Å²) in [6, 6.07) is 12.6. The van der Waals surface area contributed by atoms with Crippen molar-refractivity contribution in [3.05, 3.63) is 59.5 Å². The Hall–Kier alpha value is -2.69. The molecule has 0 amide bonds. The molecule has 2 aromatic heterocycles. The number of fused-ring (bicyclic) bond motifs is 1. The van der Waals surface area contributed by atoms with E-state index in [1.165, 1.54) is 11.1 Å². The van der Waals surface area contributed by atoms with Gasteiger partial charge in [0.1, 0.15) is 5.82 Å². The summed E-state index contributed by atoms with van der Waals surface area (Å²) >= 11 is 0. The maximum Gasteiger partial charge on any atom is 0.258 e. The number of hydrogen-bond acceptors (Lipinski definition) is 5. The van der Waals surface area contributed by atoms with Crippen molar-refractivity contribution in [2.24, 2.45) is 0 Å². The van der Waals surface area contributed by atoms with Crippen molar-refractivity contribution >= 4 is 5.82 Å². The van der Waals surface area contributed by atoms with Gasteiger partial charge < -0.3 is 9.42 Å². The highest BCUT2D eigenvalue weighted by molar-refractivity contribution is 5.59. The highest BCUT2D eigenvalue weighted by atomic mass is 16.5. The summed E-state index contributed by atoms with van der Waals surface area (Å²) in [5.74, 6) is 2.50. The fraction of sp³-hybridized carbons (Fsp3) is 0.350. The predicted molar refractivity (Wildman–Crippen MR) is 97.4 cm³/mol. The normalized spacial score (nSPS) is 14.4. The molecular formula is C20H22N4O. The summed E-state index contributed by atoms with van der Waals surface area (Å²) in [6.45, 7) is 5.99. The van der Waals surface area contributed by atoms with Gasteiger partial charge in [-0.25, -0.2) is 4.98 Å². The quantitative estimate of drug-likeness (QED) is 0.718. The van der Waals surface area contributed by atoms with Crippen LogP contribution in [0.1, 0.15) is 43.1 Å². The zero-order valence-corrected chi connectivity index (χ0v) is 14.6. The van der Waals surface area contributed by atoms with Gasteiger partial charge in [0.05, 0.1) is 0 Å². The minimum atomic E-state index is 0.251. The first-order valence-electron chi connectivity index (χ1n) is 8.82. The fourth-order valence-corrected chi connectivity index (χ4v) is 3.21. The minimum Gasteiger partial charge on any atom is -0.352 e. The molecule has 4 rings (SSSR count). The number of aryl methyl sites for hydroxylation is 1. The van der Waals surface area contributed by atoms with Gasteiger partial charge in [-0.15, -0.1) is 0 Å². The van der Waals surface area contributed by atoms with Gasteiger partial charge in [0, 0.05) is 30.8 Å². The Morgan fingerprint density at radius 3 is 2.76 bits per heavy atom. The van der Waals surface area contributed by atoms with Crippen molar-refractivity contribution in [2.75, 3.05) is 11.4 Å². The van der Waals surface area contributed by atoms with E-state index in [1.807, 2.05) is 18.3 Å². The molecular weight excluding hydrogens is 312 g/mol. The van der Waals surface area contributed by atoms with E-state index >= 15 is 0 Å². The van der Waals surface area contributed by atoms with Crippen molar-refractivity contribution in [3.63, 3.8) is 0 Å². The van der Waals surface area contributed by atoms with Crippen molar-refractivity contribution in [1.29, 1.82) is 0 Å². The number of rotatable bonds is 3. The Kier molecular flexibility index (Phi) is 4.22. The first kappa shape index (κ1) is 15.8. The van der Waals surface area contributed by atoms with Crippen LogP contribution < -0.4 is 4.90 Å². The molecule has 128 valence electrons. The van der Waals surface area contributed by atoms with Gasteiger partial charge in [0.2, 0.25) is 0 Å². The molecule has 1 aliphatic rings. The van der Waals surface area contributed by atoms with Crippen LogP contribution in [0.3, 0.4) is 0 Å². The Labute approximate surface area is 147 Å². The monoisotopic (exact) mass is 334 g/mol. The third kappa shape index (κ3) is 3.27. The topological polar surface area (TPSA) is 55.1 Å². The van der Waals surface area contributed by atoms with E-state index < -0.39 is 0 Å². The van der Waals surface area contributed by atoms with Crippen molar-refractivity contribution in [1.82, 2.24) is 15.1 Å². The van der Waals surface area contributed by atoms with E-state index in [2.05, 4.69) is 58.1 Å². The van der Waals surface area contributed by atoms with Gasteiger partial charge in [-0.05, 0) is 36.1 Å². The molecule has 5 nitrogen and oxygen atoms in total. The van der Waals surface area contributed by atoms with Crippen LogP contribution >= 0.6 is 0 Å². The van der Waals surface area contributed by atoms with E-state index in [1.54, 1.807) is 0 Å². The summed E-state index contributed by atoms with van der Waals surface area (Å²) in [4.78, 5) is 11.4. The van der Waals surface area contributed by atoms with E-state index in [0.29, 0.717) is 5.89 Å². The zero-order chi connectivity index (χ0) is 17.2. The predicted octanol–water partition coefficient (Wildman–Crippen LogP) is 4.21. The number of pyridine rings is 1. The van der Waals surface area contributed by atoms with Crippen molar-refractivity contribution < 1.29 is 4.52 Å². The van der Waals surface area contributed by atoms with Crippen LogP contribution in [0.2, 0.25) is 0 Å². The molecule has 1 aliphatic heterocycles. The number of hydrogen-bond donors (Lipinski definition) is 0. The molecule has 3 aromatic rings. The van der Waals surface area contributed by atoms with Gasteiger partial charge in [0.15, 0.2) is 5.82 Å². The van der Waals surface area contributed by atoms with E-state index in [9.17, 15) is 0 Å². The van der Waals surface area contributed by atoms with E-state index in [-0.39, 0.29) is 5.92 Å². The summed E-state index contributed by atoms with van der Waals surface area (Å²) in [7, 11) is 0. The molecule has 0 N–H and O–H groups in total. The summed E-state index contributed by atoms with van der Waals surface area (Å²) in [6.07, 6.45) is 4.06. The third-order valence-electron chi connectivity index (χ3n) is 4.63. The lowest BCUT2D eigenvalue weighted by atomic mass is 10.0. The molecule has 25 heavy (non-hydrogen) atoms. The molecule has 0 spiro atoms. The number of aromatic nitrogens is 3. The van der Waals surface area contributed by atoms with Crippen LogP contribution in [0.4, 0.5) is 5.82 Å². The second-order valence-electron chi connectivity index (χ2n) is 6.81. The third-order valence-corrected chi connectivity index (χ3v) is 4.63. The molecule has 0 atom stereocenters. The molecule has 0 fully saturated rings. The first-order valence-corrected chi connectivity index (χ1v) is 8.82. The van der Waals surface area contributed by atoms with E-state index in [4.69, 9.17) is 4.52 Å². The maximum atomic E-state index is 5.43. The van der Waals surface area contributed by atoms with E-state index in [0.717, 1.165) is 43.1 Å². The Morgan fingerprint density at radius 2 is 1.96 bits per heavy atom. The molecule has 3 heterocycles. The van der Waals surface area contributed by atoms with Crippen LogP contribution in [0.15, 0.2) is 47.1 Å². The van der Waals surface area contributed by atoms with Crippen LogP contribution in [-0.4, -0.2) is 21.7 Å². The number of benzene rings is 1. The summed E-state index contributed by atoms with van der Waals surface area (Å²) < 4.78 is 5.43. The molecule has 0 aliphatic carbocycles. The molecule has 0 saturated carbocycles. The van der Waals surface area contributed by atoms with Gasteiger partial charge >= 0.3 is 0 Å². The lowest BCUT2D eigenvalue weighted by Gasteiger charge is -2.22. The zero-order valence-electron chi connectivity index (χ0n) is 14.6. The smallest absolute Gasteiger partial charge is 0.258 e. The standard InChI is InChI=1S/C20H22N4O/c1-14(2)19-22-20(25-23-19)16-9-10-21-18(12-16)24-11-5-8-15-6-3-4-7-17(15)13-24/h3-4,6-7,9-10,12,14H,5,8,11,13H2,1-2H3. The summed E-state index contributed by atoms with van der Waals surface area (Å²) in [5, 5.41) is 4.06. The molecule has 0 saturated heterocycles. The number of nitrogens with zero attached hydrogens (tertiary/aromatic N) is 4. The lowest BCUT2D eigenvalue weighted by molar-refractivity contribution is 0.419. The molecule has 0 unspecified atom stereocenters. The average Bonchev–Trinajstić information content (AvgIpc) is 3.03. The average molecular weight is 334 g/mol. The highest BCUT2D eigenvalue weighted by Gasteiger charge is 2.17. The molecule has 0 bridgehead atoms. The molecule has 1 aromatic carbocycles. The SMILES string of the molecule is CC(C)c1noc(-c2ccnc(N3CCCc4ccccc4C3)c2)n1. The van der Waals surface area contributed by atoms with Crippen LogP contribution in [-0.2, 0) is 13.0 Å². The van der Waals surface area contributed by atoms with Crippen LogP contribution in [0.5, 0.6) is 0 Å². The Balaban J connectivity index is 1.63. The van der Waals surface area contributed by atoms with Gasteiger partial charge in [-0.1, -0.05) is 43.3 Å². The van der Waals surface area contributed by atoms with Gasteiger partial charge in [0.25, 0.3) is 5.89 Å². The molecule has 0 radical (unpaired) electrons. The highest BCUT2D eigenvalue weighted by Crippen LogP contribution is 2.26. The second-order valence-corrected chi connectivity index (χ2v) is 6.81.